The van der Waals surface area contributed by atoms with Gasteiger partial charge in [-0.15, -0.1) is 0 Å². The molecule has 1 unspecified atom stereocenters. The molecule has 0 radical (unpaired) electrons. The van der Waals surface area contributed by atoms with E-state index in [0.29, 0.717) is 0 Å². The van der Waals surface area contributed by atoms with Crippen molar-refractivity contribution in [1.29, 1.82) is 0 Å². The van der Waals surface area contributed by atoms with E-state index in [0.717, 1.165) is 66.1 Å². The van der Waals surface area contributed by atoms with Crippen molar-refractivity contribution in [3.05, 3.63) is 374 Å². The van der Waals surface area contributed by atoms with Gasteiger partial charge in [-0.25, -0.2) is 0 Å². The van der Waals surface area contributed by atoms with E-state index in [2.05, 4.69) is 268 Å². The lowest BCUT2D eigenvalue weighted by atomic mass is 9.66. The summed E-state index contributed by atoms with van der Waals surface area (Å²) in [5, 5.41) is 16.2. The zero-order chi connectivity index (χ0) is 59.9. The largest absolute Gasteiger partial charge is 0.466 e. The molecule has 0 fully saturated rings. The van der Waals surface area contributed by atoms with Gasteiger partial charge in [0.15, 0.2) is 0 Å². The van der Waals surface area contributed by atoms with Crippen LogP contribution >= 0.6 is 0 Å². The fourth-order valence-electron chi connectivity index (χ4n) is 14.9. The van der Waals surface area contributed by atoms with E-state index in [1.807, 2.05) is 36.4 Å². The van der Waals surface area contributed by atoms with Crippen LogP contribution in [0.1, 0.15) is 44.5 Å². The van der Waals surface area contributed by atoms with Crippen LogP contribution in [0.4, 0.5) is 0 Å². The molecule has 90 heavy (non-hydrogen) atoms. The summed E-state index contributed by atoms with van der Waals surface area (Å²) in [6, 6.07) is 102. The van der Waals surface area contributed by atoms with Gasteiger partial charge in [0.05, 0.1) is 35.9 Å². The number of rotatable bonds is 13. The van der Waals surface area contributed by atoms with Gasteiger partial charge in [0.1, 0.15) is 23.0 Å². The highest BCUT2D eigenvalue weighted by atomic mass is 16.5. The van der Waals surface area contributed by atoms with Gasteiger partial charge in [-0.3, -0.25) is 0 Å². The highest BCUT2D eigenvalue weighted by molar-refractivity contribution is 6.02. The number of benzene rings is 15. The summed E-state index contributed by atoms with van der Waals surface area (Å²) in [5.74, 6) is 3.00. The third kappa shape index (κ3) is 8.37. The molecule has 0 bridgehead atoms. The number of hydrogen-bond donors (Lipinski definition) is 0. The highest BCUT2D eigenvalue weighted by Crippen LogP contribution is 2.60. The molecule has 0 heterocycles. The lowest BCUT2D eigenvalue weighted by Gasteiger charge is -2.34. The Morgan fingerprint density at radius 3 is 0.844 bits per heavy atom. The molecule has 0 spiro atoms. The Morgan fingerprint density at radius 2 is 0.489 bits per heavy atom. The van der Waals surface area contributed by atoms with Crippen LogP contribution in [0.2, 0.25) is 0 Å². The van der Waals surface area contributed by atoms with E-state index in [9.17, 15) is 0 Å². The fraction of sp³-hybridized carbons (Fsp3) is 0.0233. The van der Waals surface area contributed by atoms with Crippen LogP contribution in [0.15, 0.2) is 329 Å². The van der Waals surface area contributed by atoms with Crippen LogP contribution in [0.5, 0.6) is 23.0 Å². The number of allylic oxidation sites excluding steroid dienone is 2. The Bertz CT molecular complexity index is 5490. The van der Waals surface area contributed by atoms with Gasteiger partial charge in [-0.05, 0) is 264 Å². The fourth-order valence-corrected chi connectivity index (χ4v) is 14.9. The van der Waals surface area contributed by atoms with Gasteiger partial charge in [0, 0.05) is 0 Å². The maximum atomic E-state index is 6.27. The minimum absolute atomic E-state index is 0.600. The molecule has 0 saturated heterocycles. The van der Waals surface area contributed by atoms with Crippen molar-refractivity contribution in [2.75, 3.05) is 0 Å². The first-order valence-corrected chi connectivity index (χ1v) is 30.5. The molecule has 17 rings (SSSR count). The first-order chi connectivity index (χ1) is 44.4. The van der Waals surface area contributed by atoms with Crippen molar-refractivity contribution >= 4 is 75.4 Å². The van der Waals surface area contributed by atoms with Gasteiger partial charge in [-0.2, -0.15) is 0 Å². The molecule has 4 heteroatoms. The summed E-state index contributed by atoms with van der Waals surface area (Å²) in [7, 11) is 0. The van der Waals surface area contributed by atoms with Crippen LogP contribution in [0, 0.1) is 0 Å². The van der Waals surface area contributed by atoms with E-state index >= 15 is 0 Å². The third-order valence-electron chi connectivity index (χ3n) is 18.9. The summed E-state index contributed by atoms with van der Waals surface area (Å²) < 4.78 is 23.9. The number of ether oxygens (including phenoxy) is 4. The van der Waals surface area contributed by atoms with E-state index in [4.69, 9.17) is 18.9 Å². The Labute approximate surface area is 521 Å². The van der Waals surface area contributed by atoms with E-state index in [1.165, 1.54) is 112 Å². The van der Waals surface area contributed by atoms with Gasteiger partial charge >= 0.3 is 0 Å². The molecule has 1 atom stereocenters. The van der Waals surface area contributed by atoms with Crippen molar-refractivity contribution in [2.24, 2.45) is 0 Å². The minimum atomic E-state index is -0.650. The van der Waals surface area contributed by atoms with Crippen molar-refractivity contribution in [1.82, 2.24) is 0 Å². The van der Waals surface area contributed by atoms with Gasteiger partial charge in [0.2, 0.25) is 0 Å². The summed E-state index contributed by atoms with van der Waals surface area (Å²) in [4.78, 5) is 0. The van der Waals surface area contributed by atoms with Crippen molar-refractivity contribution < 1.29 is 18.9 Å². The smallest absolute Gasteiger partial charge is 0.127 e. The first kappa shape index (κ1) is 52.6. The predicted molar refractivity (Wildman–Crippen MR) is 371 cm³/mol. The predicted octanol–water partition coefficient (Wildman–Crippen LogP) is 22.0. The van der Waals surface area contributed by atoms with Crippen LogP contribution < -0.4 is 18.9 Å². The Balaban J connectivity index is 0.666. The lowest BCUT2D eigenvalue weighted by molar-refractivity contribution is 0.476. The average molecular weight is 1150 g/mol. The van der Waals surface area contributed by atoms with E-state index in [1.54, 1.807) is 12.5 Å². The molecule has 15 aromatic rings. The monoisotopic (exact) mass is 1150 g/mol. The second-order valence-electron chi connectivity index (χ2n) is 23.6. The molecule has 0 saturated carbocycles. The summed E-state index contributed by atoms with van der Waals surface area (Å²) in [5.41, 5.74) is 13.6. The maximum absolute atomic E-state index is 6.27. The SMILES string of the molecule is C=COc1ccc2cc(C3(c4ccc5cc(O/C=C/C=C/Oc6ccc7cc(C8(c9ccc%10cc(OC=C)ccc%10c9)c9cc%10ccccc%10cc9-c9cc%10ccccc%10cc98)ccc7c6)ccc5c4)c4ccccc4-c4cc5ccccc5cc43)ccc2c1. The van der Waals surface area contributed by atoms with Gasteiger partial charge < -0.3 is 18.9 Å². The second kappa shape index (κ2) is 21.0. The van der Waals surface area contributed by atoms with Crippen LogP contribution in [0.3, 0.4) is 0 Å². The number of hydrogen-bond acceptors (Lipinski definition) is 4. The topological polar surface area (TPSA) is 36.9 Å². The standard InChI is InChI=1S/C86H56O4/c1-3-87-73-35-27-61-41-69(31-23-65(61)45-73)85(81-22-12-11-21-77(81)78-49-55-15-5-8-18-58(55)52-82(78)85)70-32-24-67-47-75(37-29-63(67)42-70)89-39-13-14-40-90-76-38-30-64-44-72(34-26-68(64)48-76)86(71-33-25-66-46-74(88-4-2)36-28-62(66)43-71)83-53-59-19-9-6-16-56(59)50-79(83)80-51-57-17-7-10-20-60(57)54-84(80)86/h3-54H,1-2H2/b39-13+,40-14+. The zero-order valence-electron chi connectivity index (χ0n) is 49.1. The summed E-state index contributed by atoms with van der Waals surface area (Å²) in [6.07, 6.45) is 10.0. The third-order valence-corrected chi connectivity index (χ3v) is 18.9. The quantitative estimate of drug-likeness (QED) is 0.0852. The van der Waals surface area contributed by atoms with Crippen molar-refractivity contribution in [3.63, 3.8) is 0 Å². The van der Waals surface area contributed by atoms with Crippen LogP contribution in [-0.2, 0) is 10.8 Å². The van der Waals surface area contributed by atoms with Crippen LogP contribution in [-0.4, -0.2) is 0 Å². The van der Waals surface area contributed by atoms with Gasteiger partial charge in [0.25, 0.3) is 0 Å². The summed E-state index contributed by atoms with van der Waals surface area (Å²) in [6.45, 7) is 7.56. The van der Waals surface area contributed by atoms with E-state index < -0.39 is 10.8 Å². The molecule has 0 N–H and O–H groups in total. The average Bonchev–Trinajstić information content (AvgIpc) is 1.53. The molecular weight excluding hydrogens is 1100 g/mol. The molecule has 0 aromatic heterocycles. The summed E-state index contributed by atoms with van der Waals surface area (Å²) >= 11 is 0. The minimum Gasteiger partial charge on any atom is -0.466 e. The van der Waals surface area contributed by atoms with Crippen LogP contribution in [0.25, 0.3) is 97.7 Å². The normalized spacial score (nSPS) is 14.6. The first-order valence-electron chi connectivity index (χ1n) is 30.5. The number of fused-ring (bicyclic) bond motifs is 13. The highest BCUT2D eigenvalue weighted by Gasteiger charge is 2.48. The Kier molecular flexibility index (Phi) is 12.3. The Hall–Kier alpha value is -11.7. The Morgan fingerprint density at radius 1 is 0.222 bits per heavy atom. The van der Waals surface area contributed by atoms with E-state index in [-0.39, 0.29) is 0 Å². The molecule has 15 aromatic carbocycles. The molecule has 424 valence electrons. The lowest BCUT2D eigenvalue weighted by Crippen LogP contribution is -2.28. The molecule has 4 nitrogen and oxygen atoms in total. The van der Waals surface area contributed by atoms with Crippen molar-refractivity contribution in [2.45, 2.75) is 10.8 Å². The molecule has 0 amide bonds. The molecular formula is C86H56O4. The molecule has 2 aliphatic rings. The van der Waals surface area contributed by atoms with Gasteiger partial charge in [-0.1, -0.05) is 183 Å². The molecule has 0 aliphatic heterocycles. The zero-order valence-corrected chi connectivity index (χ0v) is 49.1. The molecule has 2 aliphatic carbocycles. The second-order valence-corrected chi connectivity index (χ2v) is 23.6. The van der Waals surface area contributed by atoms with Crippen molar-refractivity contribution in [3.8, 4) is 45.3 Å². The maximum Gasteiger partial charge on any atom is 0.127 e.